The monoisotopic (exact) mass is 434 g/mol. The molecule has 2 aliphatic heterocycles. The molecule has 1 atom stereocenters. The molecule has 0 aromatic carbocycles. The Bertz CT molecular complexity index is 1010. The van der Waals surface area contributed by atoms with E-state index in [0.717, 1.165) is 17.8 Å². The number of H-pyrrole nitrogens is 1. The fraction of sp³-hybridized carbons (Fsp3) is 0.368. The smallest absolute Gasteiger partial charge is 0.351 e. The van der Waals surface area contributed by atoms with Crippen LogP contribution in [0.25, 0.3) is 6.08 Å². The summed E-state index contributed by atoms with van der Waals surface area (Å²) in [5, 5.41) is 19.5. The Balaban J connectivity index is 1.40. The summed E-state index contributed by atoms with van der Waals surface area (Å²) in [5.74, 6) is 0.0649. The van der Waals surface area contributed by atoms with Crippen LogP contribution in [0.2, 0.25) is 0 Å². The summed E-state index contributed by atoms with van der Waals surface area (Å²) in [7, 11) is 0. The van der Waals surface area contributed by atoms with E-state index in [-0.39, 0.29) is 23.6 Å². The first-order chi connectivity index (χ1) is 14.7. The molecule has 12 heteroatoms. The molecule has 31 heavy (non-hydrogen) atoms. The van der Waals surface area contributed by atoms with E-state index < -0.39 is 11.7 Å². The summed E-state index contributed by atoms with van der Waals surface area (Å²) in [6.07, 6.45) is -0.178. The lowest BCUT2D eigenvalue weighted by Crippen LogP contribution is -2.51. The number of alkyl halides is 3. The highest BCUT2D eigenvalue weighted by molar-refractivity contribution is 6.14. The number of piperazine rings is 1. The van der Waals surface area contributed by atoms with Crippen LogP contribution in [-0.4, -0.2) is 57.6 Å². The molecule has 2 aromatic rings. The van der Waals surface area contributed by atoms with Crippen molar-refractivity contribution in [2.45, 2.75) is 25.7 Å². The maximum atomic E-state index is 12.8. The van der Waals surface area contributed by atoms with Crippen molar-refractivity contribution in [1.82, 2.24) is 30.7 Å². The third kappa shape index (κ3) is 4.53. The molecule has 0 spiro atoms. The van der Waals surface area contributed by atoms with Gasteiger partial charge in [0.25, 0.3) is 5.91 Å². The summed E-state index contributed by atoms with van der Waals surface area (Å²) < 4.78 is 38.3. The van der Waals surface area contributed by atoms with Gasteiger partial charge in [-0.2, -0.15) is 18.3 Å². The third-order valence-electron chi connectivity index (χ3n) is 5.25. The number of nitrogens with one attached hydrogen (secondary N) is 4. The van der Waals surface area contributed by atoms with E-state index in [9.17, 15) is 18.0 Å². The highest BCUT2D eigenvalue weighted by Gasteiger charge is 2.32. The van der Waals surface area contributed by atoms with Crippen LogP contribution in [0.4, 0.5) is 19.0 Å². The lowest BCUT2D eigenvalue weighted by molar-refractivity contribution is -0.137. The van der Waals surface area contributed by atoms with E-state index in [1.165, 1.54) is 6.07 Å². The summed E-state index contributed by atoms with van der Waals surface area (Å²) in [4.78, 5) is 20.0. The number of aromatic amines is 1. The standard InChI is InChI=1S/C19H21F3N8O/c1-11-9-29(4-5-30(11)16-3-2-13(8-24-16)19(20,21)22)10-12-7-25-28-14(12)6-15-17(31)27-18(23)26-15/h2-3,6-8,11H,4-5,9-10H2,1H3,(H,25,28)(H3,23,26,27,31)/b15-6-/t11-/m1/s1. The van der Waals surface area contributed by atoms with Gasteiger partial charge >= 0.3 is 6.18 Å². The molecule has 2 fully saturated rings. The number of aromatic nitrogens is 3. The van der Waals surface area contributed by atoms with E-state index in [1.54, 1.807) is 12.3 Å². The Morgan fingerprint density at radius 2 is 2.10 bits per heavy atom. The molecule has 0 aliphatic carbocycles. The van der Waals surface area contributed by atoms with Crippen molar-refractivity contribution < 1.29 is 18.0 Å². The first-order valence-electron chi connectivity index (χ1n) is 9.64. The number of carbonyl (C=O) groups is 1. The number of hydrogen-bond donors (Lipinski definition) is 4. The van der Waals surface area contributed by atoms with Gasteiger partial charge in [-0.3, -0.25) is 25.5 Å². The number of guanidine groups is 1. The van der Waals surface area contributed by atoms with Crippen molar-refractivity contribution in [1.29, 1.82) is 5.41 Å². The minimum Gasteiger partial charge on any atom is -0.351 e. The fourth-order valence-corrected chi connectivity index (χ4v) is 3.70. The lowest BCUT2D eigenvalue weighted by atomic mass is 10.1. The van der Waals surface area contributed by atoms with Crippen LogP contribution >= 0.6 is 0 Å². The zero-order valence-corrected chi connectivity index (χ0v) is 16.6. The highest BCUT2D eigenvalue weighted by Crippen LogP contribution is 2.30. The number of carbonyl (C=O) groups excluding carboxylic acids is 1. The van der Waals surface area contributed by atoms with Gasteiger partial charge in [0.15, 0.2) is 5.96 Å². The Labute approximate surface area is 175 Å². The molecule has 2 aromatic heterocycles. The van der Waals surface area contributed by atoms with Crippen LogP contribution in [0.15, 0.2) is 30.2 Å². The normalized spacial score (nSPS) is 21.5. The number of amides is 1. The SMILES string of the molecule is C[C@@H]1CN(Cc2c[nH]nc2/C=C2\NC(=N)NC2=O)CCN1c1ccc(C(F)(F)F)cn1. The highest BCUT2D eigenvalue weighted by atomic mass is 19.4. The number of pyridine rings is 1. The Kier molecular flexibility index (Phi) is 5.39. The molecular formula is C19H21F3N8O. The van der Waals surface area contributed by atoms with Gasteiger partial charge in [0.2, 0.25) is 0 Å². The molecule has 2 saturated heterocycles. The van der Waals surface area contributed by atoms with Crippen LogP contribution in [0.3, 0.4) is 0 Å². The van der Waals surface area contributed by atoms with Crippen LogP contribution in [0.1, 0.15) is 23.7 Å². The number of nitrogens with zero attached hydrogens (tertiary/aromatic N) is 4. The average molecular weight is 434 g/mol. The Hall–Kier alpha value is -3.41. The van der Waals surface area contributed by atoms with Gasteiger partial charge in [0.05, 0.1) is 11.3 Å². The first-order valence-corrected chi connectivity index (χ1v) is 9.64. The van der Waals surface area contributed by atoms with Crippen molar-refractivity contribution in [2.75, 3.05) is 24.5 Å². The van der Waals surface area contributed by atoms with Gasteiger partial charge in [0, 0.05) is 50.2 Å². The third-order valence-corrected chi connectivity index (χ3v) is 5.25. The average Bonchev–Trinajstić information content (AvgIpc) is 3.27. The molecule has 0 radical (unpaired) electrons. The molecule has 0 unspecified atom stereocenters. The van der Waals surface area contributed by atoms with Crippen molar-refractivity contribution in [3.63, 3.8) is 0 Å². The quantitative estimate of drug-likeness (QED) is 0.543. The van der Waals surface area contributed by atoms with E-state index in [2.05, 4.69) is 30.7 Å². The summed E-state index contributed by atoms with van der Waals surface area (Å²) in [6.45, 7) is 4.59. The summed E-state index contributed by atoms with van der Waals surface area (Å²) in [5.41, 5.74) is 0.996. The van der Waals surface area contributed by atoms with Crippen molar-refractivity contribution in [2.24, 2.45) is 0 Å². The van der Waals surface area contributed by atoms with Gasteiger partial charge in [-0.05, 0) is 25.1 Å². The van der Waals surface area contributed by atoms with E-state index in [0.29, 0.717) is 37.7 Å². The van der Waals surface area contributed by atoms with Crippen LogP contribution in [-0.2, 0) is 17.5 Å². The molecule has 4 N–H and O–H groups in total. The summed E-state index contributed by atoms with van der Waals surface area (Å²) >= 11 is 0. The second kappa shape index (κ2) is 8.02. The van der Waals surface area contributed by atoms with Gasteiger partial charge in [-0.15, -0.1) is 0 Å². The maximum Gasteiger partial charge on any atom is 0.417 e. The molecule has 2 aliphatic rings. The van der Waals surface area contributed by atoms with Crippen LogP contribution in [0.5, 0.6) is 0 Å². The van der Waals surface area contributed by atoms with E-state index >= 15 is 0 Å². The minimum atomic E-state index is -4.40. The number of halogens is 3. The molecule has 9 nitrogen and oxygen atoms in total. The predicted molar refractivity (Wildman–Crippen MR) is 107 cm³/mol. The number of hydrogen-bond acceptors (Lipinski definition) is 6. The number of rotatable bonds is 4. The second-order valence-electron chi connectivity index (χ2n) is 7.49. The number of anilines is 1. The van der Waals surface area contributed by atoms with Gasteiger partial charge in [-0.25, -0.2) is 4.98 Å². The largest absolute Gasteiger partial charge is 0.417 e. The molecule has 0 saturated carbocycles. The maximum absolute atomic E-state index is 12.8. The van der Waals surface area contributed by atoms with Gasteiger partial charge < -0.3 is 10.2 Å². The topological polar surface area (TPSA) is 113 Å². The van der Waals surface area contributed by atoms with E-state index in [4.69, 9.17) is 5.41 Å². The van der Waals surface area contributed by atoms with Crippen LogP contribution in [0, 0.1) is 5.41 Å². The van der Waals surface area contributed by atoms with Crippen molar-refractivity contribution in [3.05, 3.63) is 47.0 Å². The molecular weight excluding hydrogens is 413 g/mol. The van der Waals surface area contributed by atoms with Crippen LogP contribution < -0.4 is 15.5 Å². The molecule has 4 heterocycles. The molecule has 164 valence electrons. The Morgan fingerprint density at radius 1 is 1.29 bits per heavy atom. The zero-order chi connectivity index (χ0) is 22.2. The Morgan fingerprint density at radius 3 is 2.71 bits per heavy atom. The second-order valence-corrected chi connectivity index (χ2v) is 7.49. The van der Waals surface area contributed by atoms with E-state index in [1.807, 2.05) is 11.8 Å². The van der Waals surface area contributed by atoms with Crippen molar-refractivity contribution >= 4 is 23.8 Å². The zero-order valence-electron chi connectivity index (χ0n) is 16.6. The lowest BCUT2D eigenvalue weighted by Gasteiger charge is -2.40. The predicted octanol–water partition coefficient (Wildman–Crippen LogP) is 1.53. The fourth-order valence-electron chi connectivity index (χ4n) is 3.70. The molecule has 1 amide bonds. The molecule has 4 rings (SSSR count). The van der Waals surface area contributed by atoms with Gasteiger partial charge in [0.1, 0.15) is 11.5 Å². The van der Waals surface area contributed by atoms with Gasteiger partial charge in [-0.1, -0.05) is 0 Å². The van der Waals surface area contributed by atoms with Crippen molar-refractivity contribution in [3.8, 4) is 0 Å². The summed E-state index contributed by atoms with van der Waals surface area (Å²) in [6, 6.07) is 2.51. The molecule has 0 bridgehead atoms. The minimum absolute atomic E-state index is 0.0504. The first kappa shape index (κ1) is 20.8.